The van der Waals surface area contributed by atoms with Gasteiger partial charge in [0.05, 0.1) is 0 Å². The van der Waals surface area contributed by atoms with Gasteiger partial charge in [0.1, 0.15) is 0 Å². The van der Waals surface area contributed by atoms with E-state index in [1.54, 1.807) is 0 Å². The van der Waals surface area contributed by atoms with Gasteiger partial charge in [-0.1, -0.05) is 25.6 Å². The molecular weight excluding hydrogens is 180 g/mol. The van der Waals surface area contributed by atoms with Crippen molar-refractivity contribution in [3.63, 3.8) is 0 Å². The van der Waals surface area contributed by atoms with E-state index >= 15 is 0 Å². The van der Waals surface area contributed by atoms with Gasteiger partial charge in [0.2, 0.25) is 0 Å². The van der Waals surface area contributed by atoms with Crippen LogP contribution in [0.25, 0.3) is 0 Å². The van der Waals surface area contributed by atoms with Crippen molar-refractivity contribution in [3.05, 3.63) is 0 Å². The summed E-state index contributed by atoms with van der Waals surface area (Å²) in [5.41, 5.74) is 0. The largest absolute Gasteiger partial charge is 0.418 e. The van der Waals surface area contributed by atoms with Crippen molar-refractivity contribution >= 4 is 17.1 Å². The maximum absolute atomic E-state index is 5.77. The zero-order valence-corrected chi connectivity index (χ0v) is 11.5. The fourth-order valence-corrected chi connectivity index (χ4v) is 4.81. The molecule has 0 heterocycles. The predicted molar refractivity (Wildman–Crippen MR) is 62.2 cm³/mol. The molecule has 1 nitrogen and oxygen atoms in total. The molecule has 0 amide bonds. The molecule has 12 heavy (non-hydrogen) atoms. The highest BCUT2D eigenvalue weighted by Gasteiger charge is 2.20. The van der Waals surface area contributed by atoms with Crippen molar-refractivity contribution in [2.45, 2.75) is 51.6 Å². The molecule has 0 fully saturated rings. The monoisotopic (exact) mass is 204 g/mol. The highest BCUT2D eigenvalue weighted by atomic mass is 28.4. The third-order valence-electron chi connectivity index (χ3n) is 2.10. The Labute approximate surface area is 80.3 Å². The smallest absolute Gasteiger partial charge is 0.186 e. The van der Waals surface area contributed by atoms with E-state index in [0.717, 1.165) is 6.61 Å². The third kappa shape index (κ3) is 7.07. The van der Waals surface area contributed by atoms with Crippen LogP contribution in [0, 0.1) is 0 Å². The molecule has 0 aromatic rings. The molecule has 0 aromatic carbocycles. The van der Waals surface area contributed by atoms with Crippen molar-refractivity contribution in [2.24, 2.45) is 0 Å². The first kappa shape index (κ1) is 12.4. The van der Waals surface area contributed by atoms with Gasteiger partial charge < -0.3 is 4.43 Å². The average molecular weight is 204 g/mol. The van der Waals surface area contributed by atoms with E-state index in [0.29, 0.717) is 0 Å². The molecule has 0 spiro atoms. The van der Waals surface area contributed by atoms with Gasteiger partial charge in [0.15, 0.2) is 8.32 Å². The Morgan fingerprint density at radius 1 is 1.25 bits per heavy atom. The van der Waals surface area contributed by atoms with Crippen LogP contribution in [0.3, 0.4) is 0 Å². The van der Waals surface area contributed by atoms with Crippen LogP contribution in [0.4, 0.5) is 0 Å². The van der Waals surface area contributed by atoms with Gasteiger partial charge in [-0.05, 0) is 26.1 Å². The Kier molecular flexibility index (Phi) is 6.14. The Bertz CT molecular complexity index is 113. The van der Waals surface area contributed by atoms with E-state index in [1.165, 1.54) is 18.5 Å². The minimum Gasteiger partial charge on any atom is -0.418 e. The van der Waals surface area contributed by atoms with E-state index < -0.39 is 8.32 Å². The molecule has 0 aliphatic rings. The van der Waals surface area contributed by atoms with Crippen LogP contribution >= 0.6 is 0 Å². The molecule has 0 unspecified atom stereocenters. The summed E-state index contributed by atoms with van der Waals surface area (Å²) in [4.78, 5) is 0. The lowest BCUT2D eigenvalue weighted by Gasteiger charge is -2.21. The van der Waals surface area contributed by atoms with Crippen LogP contribution in [0.15, 0.2) is 0 Å². The SMILES string of the molecule is CCO[Si](C)(C)CCC[SiH](C)C. The van der Waals surface area contributed by atoms with Gasteiger partial charge in [-0.25, -0.2) is 0 Å². The minimum absolute atomic E-state index is 0.313. The zero-order valence-electron chi connectivity index (χ0n) is 9.31. The number of hydrogen-bond acceptors (Lipinski definition) is 1. The highest BCUT2D eigenvalue weighted by Crippen LogP contribution is 2.16. The Balaban J connectivity index is 3.46. The summed E-state index contributed by atoms with van der Waals surface area (Å²) in [6.45, 7) is 12.5. The molecule has 0 atom stereocenters. The Morgan fingerprint density at radius 2 is 1.83 bits per heavy atom. The lowest BCUT2D eigenvalue weighted by Crippen LogP contribution is -2.30. The van der Waals surface area contributed by atoms with Gasteiger partial charge in [0, 0.05) is 15.4 Å². The lowest BCUT2D eigenvalue weighted by atomic mass is 10.6. The van der Waals surface area contributed by atoms with Crippen LogP contribution in [-0.4, -0.2) is 23.7 Å². The van der Waals surface area contributed by atoms with Gasteiger partial charge in [-0.2, -0.15) is 0 Å². The summed E-state index contributed by atoms with van der Waals surface area (Å²) >= 11 is 0. The van der Waals surface area contributed by atoms with Crippen LogP contribution in [0.2, 0.25) is 38.3 Å². The van der Waals surface area contributed by atoms with Crippen molar-refractivity contribution in [2.75, 3.05) is 6.61 Å². The fourth-order valence-electron chi connectivity index (χ4n) is 1.40. The van der Waals surface area contributed by atoms with Crippen LogP contribution in [0.5, 0.6) is 0 Å². The quantitative estimate of drug-likeness (QED) is 0.604. The van der Waals surface area contributed by atoms with Gasteiger partial charge >= 0.3 is 0 Å². The lowest BCUT2D eigenvalue weighted by molar-refractivity contribution is 0.328. The minimum atomic E-state index is -1.25. The molecule has 0 aliphatic carbocycles. The molecule has 0 N–H and O–H groups in total. The maximum atomic E-state index is 5.77. The molecule has 0 aromatic heterocycles. The molecule has 74 valence electrons. The van der Waals surface area contributed by atoms with Crippen molar-refractivity contribution in [1.82, 2.24) is 0 Å². The molecule has 0 rings (SSSR count). The van der Waals surface area contributed by atoms with Crippen LogP contribution in [-0.2, 0) is 4.43 Å². The summed E-state index contributed by atoms with van der Waals surface area (Å²) in [7, 11) is -1.56. The zero-order chi connectivity index (χ0) is 9.61. The molecule has 0 saturated carbocycles. The van der Waals surface area contributed by atoms with Crippen LogP contribution in [0.1, 0.15) is 13.3 Å². The predicted octanol–water partition coefficient (Wildman–Crippen LogP) is 3.10. The summed E-state index contributed by atoms with van der Waals surface area (Å²) in [5, 5.41) is 0. The van der Waals surface area contributed by atoms with Crippen molar-refractivity contribution in [1.29, 1.82) is 0 Å². The van der Waals surface area contributed by atoms with Crippen molar-refractivity contribution in [3.8, 4) is 0 Å². The first-order valence-corrected chi connectivity index (χ1v) is 11.4. The first-order valence-electron chi connectivity index (χ1n) is 5.12. The average Bonchev–Trinajstić information content (AvgIpc) is 1.85. The van der Waals surface area contributed by atoms with Crippen LogP contribution < -0.4 is 0 Å². The first-order chi connectivity index (χ1) is 5.48. The van der Waals surface area contributed by atoms with Gasteiger partial charge in [-0.3, -0.25) is 0 Å². The summed E-state index contributed by atoms with van der Waals surface area (Å²) < 4.78 is 5.77. The third-order valence-corrected chi connectivity index (χ3v) is 6.29. The molecule has 0 aliphatic heterocycles. The highest BCUT2D eigenvalue weighted by molar-refractivity contribution is 6.71. The molecule has 0 saturated heterocycles. The van der Waals surface area contributed by atoms with E-state index in [4.69, 9.17) is 4.43 Å². The molecule has 3 heteroatoms. The van der Waals surface area contributed by atoms with E-state index in [2.05, 4.69) is 33.1 Å². The van der Waals surface area contributed by atoms with Gasteiger partial charge in [-0.15, -0.1) is 0 Å². The standard InChI is InChI=1S/C9H24OSi2/c1-6-10-12(4,5)9-7-8-11(2)3/h11H,6-9H2,1-5H3. The number of hydrogen-bond donors (Lipinski definition) is 0. The molecule has 0 radical (unpaired) electrons. The second-order valence-electron chi connectivity index (χ2n) is 4.48. The Morgan fingerprint density at radius 3 is 2.25 bits per heavy atom. The second-order valence-corrected chi connectivity index (χ2v) is 12.2. The van der Waals surface area contributed by atoms with E-state index in [9.17, 15) is 0 Å². The fraction of sp³-hybridized carbons (Fsp3) is 1.00. The van der Waals surface area contributed by atoms with E-state index in [1.807, 2.05) is 0 Å². The molecule has 0 bridgehead atoms. The summed E-state index contributed by atoms with van der Waals surface area (Å²) in [6.07, 6.45) is 1.41. The maximum Gasteiger partial charge on any atom is 0.186 e. The van der Waals surface area contributed by atoms with Gasteiger partial charge in [0.25, 0.3) is 0 Å². The normalized spacial score (nSPS) is 12.5. The van der Waals surface area contributed by atoms with Crippen molar-refractivity contribution < 1.29 is 4.43 Å². The summed E-state index contributed by atoms with van der Waals surface area (Å²) in [5.74, 6) is 0. The number of rotatable bonds is 6. The summed E-state index contributed by atoms with van der Waals surface area (Å²) in [6, 6.07) is 2.84. The van der Waals surface area contributed by atoms with E-state index in [-0.39, 0.29) is 8.80 Å². The Hall–Kier alpha value is 0.394. The topological polar surface area (TPSA) is 9.23 Å². The molecular formula is C9H24OSi2. The second kappa shape index (κ2) is 5.94.